The average molecular weight is 235 g/mol. The van der Waals surface area contributed by atoms with Gasteiger partial charge in [-0.2, -0.15) is 0 Å². The maximum atomic E-state index is 10.6. The summed E-state index contributed by atoms with van der Waals surface area (Å²) in [6, 6.07) is 3.51. The third-order valence-electron chi connectivity index (χ3n) is 1.69. The molecule has 78 valence electrons. The van der Waals surface area contributed by atoms with Crippen LogP contribution in [0.3, 0.4) is 0 Å². The van der Waals surface area contributed by atoms with E-state index in [0.717, 1.165) is 5.56 Å². The van der Waals surface area contributed by atoms with Gasteiger partial charge in [0.15, 0.2) is 0 Å². The molecule has 0 aliphatic carbocycles. The number of aryl methyl sites for hydroxylation is 1. The molecule has 0 spiro atoms. The molecule has 1 aromatic heterocycles. The molecule has 14 heavy (non-hydrogen) atoms. The molecule has 1 heterocycles. The number of pyridine rings is 1. The lowest BCUT2D eigenvalue weighted by atomic mass is 10.2. The molecule has 4 nitrogen and oxygen atoms in total. The summed E-state index contributed by atoms with van der Waals surface area (Å²) in [5, 5.41) is 5.28. The lowest BCUT2D eigenvalue weighted by Gasteiger charge is -2.00. The highest BCUT2D eigenvalue weighted by Crippen LogP contribution is 2.09. The predicted octanol–water partition coefficient (Wildman–Crippen LogP) is 0.956. The summed E-state index contributed by atoms with van der Waals surface area (Å²) < 4.78 is 21.3. The minimum atomic E-state index is -3.35. The van der Waals surface area contributed by atoms with Crippen LogP contribution in [-0.4, -0.2) is 19.2 Å². The molecule has 0 saturated heterocycles. The van der Waals surface area contributed by atoms with Crippen LogP contribution in [0.5, 0.6) is 0 Å². The van der Waals surface area contributed by atoms with Gasteiger partial charge in [0.2, 0.25) is 10.0 Å². The fourth-order valence-corrected chi connectivity index (χ4v) is 1.82. The van der Waals surface area contributed by atoms with E-state index in [4.69, 9.17) is 16.7 Å². The Hall–Kier alpha value is -0.650. The lowest BCUT2D eigenvalue weighted by molar-refractivity contribution is 0.595. The second-order valence-electron chi connectivity index (χ2n) is 2.96. The topological polar surface area (TPSA) is 73.1 Å². The van der Waals surface area contributed by atoms with Crippen molar-refractivity contribution >= 4 is 21.6 Å². The zero-order valence-corrected chi connectivity index (χ0v) is 9.05. The van der Waals surface area contributed by atoms with Gasteiger partial charge in [0.05, 0.1) is 5.75 Å². The van der Waals surface area contributed by atoms with E-state index in [1.165, 1.54) is 0 Å². The number of halogens is 1. The predicted molar refractivity (Wildman–Crippen MR) is 55.5 cm³/mol. The SMILES string of the molecule is NS(=O)(=O)CCCc1ccnc(Cl)c1. The fourth-order valence-electron chi connectivity index (χ4n) is 1.08. The normalized spacial score (nSPS) is 11.6. The van der Waals surface area contributed by atoms with Gasteiger partial charge in [0.1, 0.15) is 5.15 Å². The van der Waals surface area contributed by atoms with Gasteiger partial charge in [-0.3, -0.25) is 0 Å². The van der Waals surface area contributed by atoms with Gasteiger partial charge in [-0.25, -0.2) is 18.5 Å². The highest BCUT2D eigenvalue weighted by molar-refractivity contribution is 7.89. The largest absolute Gasteiger partial charge is 0.245 e. The molecule has 0 aliphatic heterocycles. The fraction of sp³-hybridized carbons (Fsp3) is 0.375. The van der Waals surface area contributed by atoms with Crippen LogP contribution in [0.1, 0.15) is 12.0 Å². The quantitative estimate of drug-likeness (QED) is 0.789. The average Bonchev–Trinajstić information content (AvgIpc) is 2.01. The number of primary sulfonamides is 1. The molecular weight excluding hydrogens is 224 g/mol. The number of nitrogens with two attached hydrogens (primary N) is 1. The number of rotatable bonds is 4. The molecule has 0 fully saturated rings. The van der Waals surface area contributed by atoms with Crippen LogP contribution in [-0.2, 0) is 16.4 Å². The monoisotopic (exact) mass is 234 g/mol. The highest BCUT2D eigenvalue weighted by Gasteiger charge is 2.02. The highest BCUT2D eigenvalue weighted by atomic mass is 35.5. The van der Waals surface area contributed by atoms with E-state index in [1.54, 1.807) is 18.3 Å². The first kappa shape index (κ1) is 11.4. The van der Waals surface area contributed by atoms with Gasteiger partial charge in [0.25, 0.3) is 0 Å². The van der Waals surface area contributed by atoms with Crippen LogP contribution < -0.4 is 5.14 Å². The van der Waals surface area contributed by atoms with Crippen molar-refractivity contribution in [2.24, 2.45) is 5.14 Å². The Morgan fingerprint density at radius 1 is 1.50 bits per heavy atom. The van der Waals surface area contributed by atoms with Gasteiger partial charge in [0, 0.05) is 6.20 Å². The maximum absolute atomic E-state index is 10.6. The number of hydrogen-bond donors (Lipinski definition) is 1. The minimum absolute atomic E-state index is 0.00700. The first-order valence-corrected chi connectivity index (χ1v) is 6.17. The van der Waals surface area contributed by atoms with Crippen molar-refractivity contribution in [1.82, 2.24) is 4.98 Å². The molecule has 1 aromatic rings. The van der Waals surface area contributed by atoms with Crippen molar-refractivity contribution in [3.63, 3.8) is 0 Å². The van der Waals surface area contributed by atoms with Crippen molar-refractivity contribution in [3.05, 3.63) is 29.0 Å². The first-order valence-electron chi connectivity index (χ1n) is 4.08. The molecular formula is C8H11ClN2O2S. The number of hydrogen-bond acceptors (Lipinski definition) is 3. The summed E-state index contributed by atoms with van der Waals surface area (Å²) in [7, 11) is -3.35. The van der Waals surface area contributed by atoms with Crippen molar-refractivity contribution in [2.75, 3.05) is 5.75 Å². The molecule has 0 aromatic carbocycles. The van der Waals surface area contributed by atoms with E-state index in [0.29, 0.717) is 18.0 Å². The summed E-state index contributed by atoms with van der Waals surface area (Å²) in [6.07, 6.45) is 2.73. The van der Waals surface area contributed by atoms with Crippen LogP contribution in [0, 0.1) is 0 Å². The summed E-state index contributed by atoms with van der Waals surface area (Å²) in [5.74, 6) is -0.00700. The van der Waals surface area contributed by atoms with Gasteiger partial charge in [-0.15, -0.1) is 0 Å². The Morgan fingerprint density at radius 3 is 2.79 bits per heavy atom. The number of sulfonamides is 1. The molecule has 0 amide bonds. The zero-order valence-electron chi connectivity index (χ0n) is 7.48. The summed E-state index contributed by atoms with van der Waals surface area (Å²) in [5.41, 5.74) is 0.966. The maximum Gasteiger partial charge on any atom is 0.209 e. The van der Waals surface area contributed by atoms with Crippen LogP contribution in [0.15, 0.2) is 18.3 Å². The third-order valence-corrected chi connectivity index (χ3v) is 2.75. The van der Waals surface area contributed by atoms with Gasteiger partial charge < -0.3 is 0 Å². The Morgan fingerprint density at radius 2 is 2.21 bits per heavy atom. The number of nitrogens with zero attached hydrogens (tertiary/aromatic N) is 1. The Kier molecular flexibility index (Phi) is 3.86. The summed E-state index contributed by atoms with van der Waals surface area (Å²) in [6.45, 7) is 0. The van der Waals surface area contributed by atoms with E-state index in [1.807, 2.05) is 0 Å². The van der Waals surface area contributed by atoms with Crippen molar-refractivity contribution in [2.45, 2.75) is 12.8 Å². The molecule has 2 N–H and O–H groups in total. The molecule has 0 unspecified atom stereocenters. The summed E-state index contributed by atoms with van der Waals surface area (Å²) >= 11 is 5.66. The second-order valence-corrected chi connectivity index (χ2v) is 5.08. The van der Waals surface area contributed by atoms with Crippen LogP contribution in [0.2, 0.25) is 5.15 Å². The Balaban J connectivity index is 2.47. The lowest BCUT2D eigenvalue weighted by Crippen LogP contribution is -2.16. The van der Waals surface area contributed by atoms with E-state index >= 15 is 0 Å². The van der Waals surface area contributed by atoms with E-state index in [-0.39, 0.29) is 5.75 Å². The summed E-state index contributed by atoms with van der Waals surface area (Å²) in [4.78, 5) is 3.82. The molecule has 0 bridgehead atoms. The van der Waals surface area contributed by atoms with Gasteiger partial charge in [-0.1, -0.05) is 11.6 Å². The zero-order chi connectivity index (χ0) is 10.6. The van der Waals surface area contributed by atoms with Crippen molar-refractivity contribution < 1.29 is 8.42 Å². The van der Waals surface area contributed by atoms with E-state index in [2.05, 4.69) is 4.98 Å². The minimum Gasteiger partial charge on any atom is -0.245 e. The Labute approximate surface area is 88.1 Å². The molecule has 0 aliphatic rings. The molecule has 0 atom stereocenters. The molecule has 0 radical (unpaired) electrons. The standard InChI is InChI=1S/C8H11ClN2O2S/c9-8-6-7(3-4-11-8)2-1-5-14(10,12)13/h3-4,6H,1-2,5H2,(H2,10,12,13). The van der Waals surface area contributed by atoms with Crippen LogP contribution in [0.4, 0.5) is 0 Å². The van der Waals surface area contributed by atoms with Crippen molar-refractivity contribution in [3.8, 4) is 0 Å². The number of aromatic nitrogens is 1. The second kappa shape index (κ2) is 4.72. The molecule has 1 rings (SSSR count). The van der Waals surface area contributed by atoms with Crippen LogP contribution >= 0.6 is 11.6 Å². The molecule has 0 saturated carbocycles. The first-order chi connectivity index (χ1) is 6.47. The van der Waals surface area contributed by atoms with E-state index < -0.39 is 10.0 Å². The smallest absolute Gasteiger partial charge is 0.209 e. The van der Waals surface area contributed by atoms with E-state index in [9.17, 15) is 8.42 Å². The third kappa shape index (κ3) is 4.55. The van der Waals surface area contributed by atoms with Crippen molar-refractivity contribution in [1.29, 1.82) is 0 Å². The Bertz CT molecular complexity index is 406. The van der Waals surface area contributed by atoms with Crippen LogP contribution in [0.25, 0.3) is 0 Å². The molecule has 6 heteroatoms. The van der Waals surface area contributed by atoms with Gasteiger partial charge in [-0.05, 0) is 30.5 Å². The van der Waals surface area contributed by atoms with Gasteiger partial charge >= 0.3 is 0 Å².